The van der Waals surface area contributed by atoms with Gasteiger partial charge >= 0.3 is 5.69 Å². The molecular formula is C18H24N6O3. The van der Waals surface area contributed by atoms with Gasteiger partial charge in [-0.05, 0) is 25.8 Å². The van der Waals surface area contributed by atoms with Crippen LogP contribution in [0.2, 0.25) is 0 Å². The van der Waals surface area contributed by atoms with Crippen molar-refractivity contribution in [2.24, 2.45) is 0 Å². The molecule has 1 fully saturated rings. The molecule has 27 heavy (non-hydrogen) atoms. The Balaban J connectivity index is 1.81. The summed E-state index contributed by atoms with van der Waals surface area (Å²) in [5.41, 5.74) is 6.81. The second-order valence-corrected chi connectivity index (χ2v) is 6.69. The molecule has 0 spiro atoms. The number of nitrogens with two attached hydrogens (primary N) is 1. The molecule has 1 aromatic carbocycles. The molecule has 0 amide bonds. The summed E-state index contributed by atoms with van der Waals surface area (Å²) >= 11 is 0. The van der Waals surface area contributed by atoms with E-state index in [0.29, 0.717) is 19.6 Å². The van der Waals surface area contributed by atoms with Crippen molar-refractivity contribution >= 4 is 23.3 Å². The second-order valence-electron chi connectivity index (χ2n) is 6.69. The SMILES string of the molecule is C[C@@H]1CN(c2nc(NCCc3ccccc3)nc(N)c2[N+](=O)[O-])C[C@@H](C)O1. The van der Waals surface area contributed by atoms with E-state index in [1.165, 1.54) is 5.56 Å². The summed E-state index contributed by atoms with van der Waals surface area (Å²) in [6.45, 7) is 5.46. The number of nitrogens with zero attached hydrogens (tertiary/aromatic N) is 4. The molecule has 2 atom stereocenters. The standard InChI is InChI=1S/C18H24N6O3/c1-12-10-23(11-13(2)27-12)17-15(24(25)26)16(19)21-18(22-17)20-9-8-14-6-4-3-5-7-14/h3-7,12-13H,8-11H2,1-2H3,(H3,19,20,21,22)/t12-,13-/m1/s1. The molecule has 3 N–H and O–H groups in total. The maximum absolute atomic E-state index is 11.5. The van der Waals surface area contributed by atoms with Crippen molar-refractivity contribution < 1.29 is 9.66 Å². The summed E-state index contributed by atoms with van der Waals surface area (Å²) in [5, 5.41) is 14.6. The van der Waals surface area contributed by atoms with Gasteiger partial charge in [-0.25, -0.2) is 0 Å². The first-order valence-electron chi connectivity index (χ1n) is 8.94. The molecule has 9 heteroatoms. The maximum Gasteiger partial charge on any atom is 0.353 e. The minimum Gasteiger partial charge on any atom is -0.378 e. The second kappa shape index (κ2) is 8.17. The van der Waals surface area contributed by atoms with E-state index < -0.39 is 4.92 Å². The smallest absolute Gasteiger partial charge is 0.353 e. The Morgan fingerprint density at radius 1 is 1.26 bits per heavy atom. The molecule has 1 aromatic heterocycles. The zero-order chi connectivity index (χ0) is 19.4. The molecule has 1 aliphatic heterocycles. The first-order chi connectivity index (χ1) is 12.9. The Bertz CT molecular complexity index is 791. The normalized spacial score (nSPS) is 19.7. The average Bonchev–Trinajstić information content (AvgIpc) is 2.61. The van der Waals surface area contributed by atoms with Gasteiger partial charge in [0.2, 0.25) is 17.6 Å². The van der Waals surface area contributed by atoms with Gasteiger partial charge < -0.3 is 20.7 Å². The van der Waals surface area contributed by atoms with E-state index >= 15 is 0 Å². The number of benzene rings is 1. The van der Waals surface area contributed by atoms with Crippen LogP contribution < -0.4 is 16.0 Å². The fraction of sp³-hybridized carbons (Fsp3) is 0.444. The summed E-state index contributed by atoms with van der Waals surface area (Å²) in [6, 6.07) is 10.0. The van der Waals surface area contributed by atoms with Crippen LogP contribution in [0.4, 0.5) is 23.3 Å². The first-order valence-corrected chi connectivity index (χ1v) is 8.94. The molecule has 1 saturated heterocycles. The van der Waals surface area contributed by atoms with Gasteiger partial charge in [0.25, 0.3) is 0 Å². The molecule has 3 rings (SSSR count). The largest absolute Gasteiger partial charge is 0.378 e. The Kier molecular flexibility index (Phi) is 5.70. The van der Waals surface area contributed by atoms with Gasteiger partial charge in [-0.1, -0.05) is 30.3 Å². The van der Waals surface area contributed by atoms with Crippen molar-refractivity contribution in [2.45, 2.75) is 32.5 Å². The Hall–Kier alpha value is -2.94. The topological polar surface area (TPSA) is 119 Å². The molecule has 0 aliphatic carbocycles. The Morgan fingerprint density at radius 3 is 2.56 bits per heavy atom. The summed E-state index contributed by atoms with van der Waals surface area (Å²) in [4.78, 5) is 21.3. The summed E-state index contributed by atoms with van der Waals surface area (Å²) < 4.78 is 5.71. The Morgan fingerprint density at radius 2 is 1.93 bits per heavy atom. The molecular weight excluding hydrogens is 348 g/mol. The molecule has 1 aliphatic rings. The first kappa shape index (κ1) is 18.8. The predicted molar refractivity (Wildman–Crippen MR) is 104 cm³/mol. The number of anilines is 3. The summed E-state index contributed by atoms with van der Waals surface area (Å²) in [6.07, 6.45) is 0.667. The zero-order valence-electron chi connectivity index (χ0n) is 15.5. The number of nitro groups is 1. The van der Waals surface area contributed by atoms with Crippen molar-refractivity contribution in [3.63, 3.8) is 0 Å². The van der Waals surface area contributed by atoms with E-state index in [9.17, 15) is 10.1 Å². The van der Waals surface area contributed by atoms with Crippen LogP contribution in [0.3, 0.4) is 0 Å². The third-order valence-corrected chi connectivity index (χ3v) is 4.33. The lowest BCUT2D eigenvalue weighted by Gasteiger charge is -2.35. The van der Waals surface area contributed by atoms with Gasteiger partial charge in [-0.2, -0.15) is 9.97 Å². The van der Waals surface area contributed by atoms with E-state index in [2.05, 4.69) is 15.3 Å². The van der Waals surface area contributed by atoms with E-state index in [1.807, 2.05) is 49.1 Å². The quantitative estimate of drug-likeness (QED) is 0.585. The highest BCUT2D eigenvalue weighted by Crippen LogP contribution is 2.33. The van der Waals surface area contributed by atoms with Gasteiger partial charge in [0.15, 0.2) is 0 Å². The van der Waals surface area contributed by atoms with Gasteiger partial charge in [-0.3, -0.25) is 10.1 Å². The van der Waals surface area contributed by atoms with Crippen LogP contribution in [0, 0.1) is 10.1 Å². The van der Waals surface area contributed by atoms with Crippen molar-refractivity contribution in [3.8, 4) is 0 Å². The lowest BCUT2D eigenvalue weighted by atomic mass is 10.1. The molecule has 2 aromatic rings. The number of nitrogen functional groups attached to an aromatic ring is 1. The van der Waals surface area contributed by atoms with E-state index in [-0.39, 0.29) is 35.5 Å². The maximum atomic E-state index is 11.5. The Labute approximate surface area is 157 Å². The predicted octanol–water partition coefficient (Wildman–Crippen LogP) is 2.24. The van der Waals surface area contributed by atoms with Gasteiger partial charge in [0.05, 0.1) is 17.1 Å². The minimum absolute atomic E-state index is 0.0565. The number of aromatic nitrogens is 2. The van der Waals surface area contributed by atoms with Crippen LogP contribution in [-0.4, -0.2) is 46.7 Å². The van der Waals surface area contributed by atoms with Gasteiger partial charge in [0, 0.05) is 19.6 Å². The fourth-order valence-corrected chi connectivity index (χ4v) is 3.25. The number of hydrogen-bond acceptors (Lipinski definition) is 8. The highest BCUT2D eigenvalue weighted by molar-refractivity contribution is 5.71. The molecule has 0 unspecified atom stereocenters. The van der Waals surface area contributed by atoms with E-state index in [0.717, 1.165) is 6.42 Å². The number of morpholine rings is 1. The minimum atomic E-state index is -0.525. The molecule has 0 bridgehead atoms. The summed E-state index contributed by atoms with van der Waals surface area (Å²) in [5.74, 6) is 0.381. The molecule has 0 saturated carbocycles. The van der Waals surface area contributed by atoms with Crippen LogP contribution in [0.25, 0.3) is 0 Å². The van der Waals surface area contributed by atoms with Crippen LogP contribution in [-0.2, 0) is 11.2 Å². The van der Waals surface area contributed by atoms with Crippen molar-refractivity contribution in [2.75, 3.05) is 35.6 Å². The van der Waals surface area contributed by atoms with Crippen molar-refractivity contribution in [1.29, 1.82) is 0 Å². The van der Waals surface area contributed by atoms with Gasteiger partial charge in [-0.15, -0.1) is 0 Å². The van der Waals surface area contributed by atoms with Crippen LogP contribution in [0.15, 0.2) is 30.3 Å². The third kappa shape index (κ3) is 4.62. The van der Waals surface area contributed by atoms with Crippen LogP contribution >= 0.6 is 0 Å². The molecule has 0 radical (unpaired) electrons. The number of nitrogens with one attached hydrogen (secondary N) is 1. The number of rotatable bonds is 6. The highest BCUT2D eigenvalue weighted by Gasteiger charge is 2.32. The monoisotopic (exact) mass is 372 g/mol. The van der Waals surface area contributed by atoms with Gasteiger partial charge in [0.1, 0.15) is 0 Å². The fourth-order valence-electron chi connectivity index (χ4n) is 3.25. The van der Waals surface area contributed by atoms with E-state index in [4.69, 9.17) is 10.5 Å². The molecule has 144 valence electrons. The number of ether oxygens (including phenoxy) is 1. The third-order valence-electron chi connectivity index (χ3n) is 4.33. The van der Waals surface area contributed by atoms with Crippen molar-refractivity contribution in [3.05, 3.63) is 46.0 Å². The van der Waals surface area contributed by atoms with E-state index in [1.54, 1.807) is 0 Å². The lowest BCUT2D eigenvalue weighted by molar-refractivity contribution is -0.383. The van der Waals surface area contributed by atoms with Crippen LogP contribution in [0.5, 0.6) is 0 Å². The molecule has 9 nitrogen and oxygen atoms in total. The number of hydrogen-bond donors (Lipinski definition) is 2. The molecule has 2 heterocycles. The average molecular weight is 372 g/mol. The lowest BCUT2D eigenvalue weighted by Crippen LogP contribution is -2.46. The highest BCUT2D eigenvalue weighted by atomic mass is 16.6. The zero-order valence-corrected chi connectivity index (χ0v) is 15.5. The van der Waals surface area contributed by atoms with Crippen molar-refractivity contribution in [1.82, 2.24) is 9.97 Å². The van der Waals surface area contributed by atoms with Crippen LogP contribution in [0.1, 0.15) is 19.4 Å². The summed E-state index contributed by atoms with van der Waals surface area (Å²) in [7, 11) is 0.